The quantitative estimate of drug-likeness (QED) is 0.858. The SMILES string of the molecule is N#Cc1ccc(/C=C/C(=O)Nc2cnn(C[C@H]3CCCO3)c2)cc1. The predicted octanol–water partition coefficient (Wildman–Crippen LogP) is 2.59. The number of aromatic nitrogens is 2. The average molecular weight is 322 g/mol. The molecule has 0 bridgehead atoms. The summed E-state index contributed by atoms with van der Waals surface area (Å²) < 4.78 is 7.36. The molecule has 6 heteroatoms. The summed E-state index contributed by atoms with van der Waals surface area (Å²) in [5, 5.41) is 15.8. The molecule has 24 heavy (non-hydrogen) atoms. The largest absolute Gasteiger partial charge is 0.376 e. The number of rotatable bonds is 5. The van der Waals surface area contributed by atoms with Gasteiger partial charge in [0.1, 0.15) is 0 Å². The smallest absolute Gasteiger partial charge is 0.248 e. The zero-order chi connectivity index (χ0) is 16.8. The second kappa shape index (κ2) is 7.57. The van der Waals surface area contributed by atoms with Crippen LogP contribution in [0.2, 0.25) is 0 Å². The van der Waals surface area contributed by atoms with Crippen LogP contribution < -0.4 is 5.32 Å². The predicted molar refractivity (Wildman–Crippen MR) is 90.0 cm³/mol. The van der Waals surface area contributed by atoms with Gasteiger partial charge in [0.25, 0.3) is 0 Å². The molecule has 1 amide bonds. The first-order valence-electron chi connectivity index (χ1n) is 7.86. The molecule has 1 aromatic carbocycles. The van der Waals surface area contributed by atoms with Crippen LogP contribution >= 0.6 is 0 Å². The summed E-state index contributed by atoms with van der Waals surface area (Å²) in [6.45, 7) is 1.52. The molecule has 6 nitrogen and oxygen atoms in total. The lowest BCUT2D eigenvalue weighted by Gasteiger charge is -2.08. The van der Waals surface area contributed by atoms with Gasteiger partial charge in [-0.2, -0.15) is 10.4 Å². The van der Waals surface area contributed by atoms with E-state index in [2.05, 4.69) is 16.5 Å². The van der Waals surface area contributed by atoms with Crippen molar-refractivity contribution >= 4 is 17.7 Å². The highest BCUT2D eigenvalue weighted by Gasteiger charge is 2.16. The molecule has 1 fully saturated rings. The summed E-state index contributed by atoms with van der Waals surface area (Å²) in [6.07, 6.45) is 8.94. The Balaban J connectivity index is 1.53. The van der Waals surface area contributed by atoms with Gasteiger partial charge in [-0.1, -0.05) is 12.1 Å². The molecule has 0 aliphatic carbocycles. The summed E-state index contributed by atoms with van der Waals surface area (Å²) in [5.74, 6) is -0.226. The van der Waals surface area contributed by atoms with E-state index < -0.39 is 0 Å². The Bertz CT molecular complexity index is 765. The maximum Gasteiger partial charge on any atom is 0.248 e. The van der Waals surface area contributed by atoms with Gasteiger partial charge in [0.15, 0.2) is 0 Å². The first kappa shape index (κ1) is 16.0. The van der Waals surface area contributed by atoms with Crippen molar-refractivity contribution in [1.82, 2.24) is 9.78 Å². The molecule has 1 N–H and O–H groups in total. The van der Waals surface area contributed by atoms with Crippen molar-refractivity contribution in [2.45, 2.75) is 25.5 Å². The van der Waals surface area contributed by atoms with Crippen LogP contribution in [-0.4, -0.2) is 28.4 Å². The minimum atomic E-state index is -0.226. The van der Waals surface area contributed by atoms with Crippen LogP contribution in [0, 0.1) is 11.3 Å². The van der Waals surface area contributed by atoms with E-state index in [1.807, 2.05) is 0 Å². The van der Waals surface area contributed by atoms with Crippen molar-refractivity contribution in [2.24, 2.45) is 0 Å². The third kappa shape index (κ3) is 4.31. The summed E-state index contributed by atoms with van der Waals surface area (Å²) in [6, 6.07) is 9.08. The zero-order valence-electron chi connectivity index (χ0n) is 13.2. The lowest BCUT2D eigenvalue weighted by atomic mass is 10.1. The number of anilines is 1. The number of nitriles is 1. The first-order valence-corrected chi connectivity index (χ1v) is 7.86. The van der Waals surface area contributed by atoms with E-state index in [0.717, 1.165) is 25.0 Å². The van der Waals surface area contributed by atoms with Crippen LogP contribution in [0.4, 0.5) is 5.69 Å². The standard InChI is InChI=1S/C18H18N4O2/c19-10-15-5-3-14(4-6-15)7-8-18(23)21-16-11-20-22(12-16)13-17-2-1-9-24-17/h3-8,11-12,17H,1-2,9,13H2,(H,21,23)/b8-7+/t17-/m1/s1. The van der Waals surface area contributed by atoms with Gasteiger partial charge in [-0.25, -0.2) is 0 Å². The van der Waals surface area contributed by atoms with E-state index in [4.69, 9.17) is 10.00 Å². The lowest BCUT2D eigenvalue weighted by Crippen LogP contribution is -2.15. The number of hydrogen-bond donors (Lipinski definition) is 1. The summed E-state index contributed by atoms with van der Waals surface area (Å²) in [4.78, 5) is 12.0. The number of carbonyl (C=O) groups is 1. The Morgan fingerprint density at radius 1 is 1.46 bits per heavy atom. The molecule has 0 saturated carbocycles. The first-order chi connectivity index (χ1) is 11.7. The van der Waals surface area contributed by atoms with Crippen molar-refractivity contribution in [3.8, 4) is 6.07 Å². The van der Waals surface area contributed by atoms with Gasteiger partial charge in [-0.15, -0.1) is 0 Å². The summed E-state index contributed by atoms with van der Waals surface area (Å²) in [5.41, 5.74) is 2.11. The Morgan fingerprint density at radius 2 is 2.29 bits per heavy atom. The van der Waals surface area contributed by atoms with Crippen LogP contribution in [-0.2, 0) is 16.1 Å². The van der Waals surface area contributed by atoms with Crippen LogP contribution in [0.25, 0.3) is 6.08 Å². The second-order valence-electron chi connectivity index (χ2n) is 5.64. The van der Waals surface area contributed by atoms with Gasteiger partial charge in [0.2, 0.25) is 5.91 Å². The topological polar surface area (TPSA) is 79.9 Å². The maximum atomic E-state index is 12.0. The van der Waals surface area contributed by atoms with Crippen LogP contribution in [0.5, 0.6) is 0 Å². The Kier molecular flexibility index (Phi) is 5.04. The fourth-order valence-corrected chi connectivity index (χ4v) is 2.55. The highest BCUT2D eigenvalue weighted by molar-refractivity contribution is 6.01. The van der Waals surface area contributed by atoms with E-state index >= 15 is 0 Å². The third-order valence-corrected chi connectivity index (χ3v) is 3.78. The molecule has 2 heterocycles. The van der Waals surface area contributed by atoms with Gasteiger partial charge in [0.05, 0.1) is 36.2 Å². The van der Waals surface area contributed by atoms with E-state index in [1.54, 1.807) is 47.4 Å². The van der Waals surface area contributed by atoms with Gasteiger partial charge in [-0.05, 0) is 36.6 Å². The van der Waals surface area contributed by atoms with Crippen molar-refractivity contribution in [1.29, 1.82) is 5.26 Å². The van der Waals surface area contributed by atoms with Crippen molar-refractivity contribution in [2.75, 3.05) is 11.9 Å². The molecule has 1 aliphatic heterocycles. The number of amides is 1. The van der Waals surface area contributed by atoms with Crippen molar-refractivity contribution in [3.05, 3.63) is 53.9 Å². The number of nitrogens with one attached hydrogen (secondary N) is 1. The number of benzene rings is 1. The normalized spacial score (nSPS) is 17.0. The monoisotopic (exact) mass is 322 g/mol. The van der Waals surface area contributed by atoms with E-state index in [9.17, 15) is 4.79 Å². The summed E-state index contributed by atoms with van der Waals surface area (Å²) in [7, 11) is 0. The fraction of sp³-hybridized carbons (Fsp3) is 0.278. The van der Waals surface area contributed by atoms with Crippen LogP contribution in [0.1, 0.15) is 24.0 Å². The third-order valence-electron chi connectivity index (χ3n) is 3.78. The molecule has 122 valence electrons. The summed E-state index contributed by atoms with van der Waals surface area (Å²) >= 11 is 0. The molecule has 1 atom stereocenters. The highest BCUT2D eigenvalue weighted by Crippen LogP contribution is 2.15. The van der Waals surface area contributed by atoms with Gasteiger partial charge in [-0.3, -0.25) is 9.48 Å². The fourth-order valence-electron chi connectivity index (χ4n) is 2.55. The molecule has 0 unspecified atom stereocenters. The molecular formula is C18H18N4O2. The Labute approximate surface area is 140 Å². The van der Waals surface area contributed by atoms with Crippen molar-refractivity contribution in [3.63, 3.8) is 0 Å². The van der Waals surface area contributed by atoms with E-state index in [-0.39, 0.29) is 12.0 Å². The van der Waals surface area contributed by atoms with Crippen LogP contribution in [0.3, 0.4) is 0 Å². The highest BCUT2D eigenvalue weighted by atomic mass is 16.5. The number of nitrogens with zero attached hydrogens (tertiary/aromatic N) is 3. The van der Waals surface area contributed by atoms with E-state index in [1.165, 1.54) is 6.08 Å². The number of hydrogen-bond acceptors (Lipinski definition) is 4. The van der Waals surface area contributed by atoms with Crippen LogP contribution in [0.15, 0.2) is 42.7 Å². The second-order valence-corrected chi connectivity index (χ2v) is 5.64. The number of carbonyl (C=O) groups excluding carboxylic acids is 1. The molecule has 1 aromatic heterocycles. The molecule has 2 aromatic rings. The van der Waals surface area contributed by atoms with Crippen molar-refractivity contribution < 1.29 is 9.53 Å². The minimum Gasteiger partial charge on any atom is -0.376 e. The van der Waals surface area contributed by atoms with E-state index in [0.29, 0.717) is 17.8 Å². The molecule has 0 radical (unpaired) electrons. The maximum absolute atomic E-state index is 12.0. The van der Waals surface area contributed by atoms with Gasteiger partial charge in [0, 0.05) is 18.9 Å². The molecular weight excluding hydrogens is 304 g/mol. The average Bonchev–Trinajstić information content (AvgIpc) is 3.26. The van der Waals surface area contributed by atoms with Gasteiger partial charge < -0.3 is 10.1 Å². The Morgan fingerprint density at radius 3 is 3.00 bits per heavy atom. The Hall–Kier alpha value is -2.91. The zero-order valence-corrected chi connectivity index (χ0v) is 13.2. The molecule has 3 rings (SSSR count). The molecule has 1 saturated heterocycles. The molecule has 0 spiro atoms. The number of ether oxygens (including phenoxy) is 1. The minimum absolute atomic E-state index is 0.213. The molecule has 1 aliphatic rings. The lowest BCUT2D eigenvalue weighted by molar-refractivity contribution is -0.111. The van der Waals surface area contributed by atoms with Gasteiger partial charge >= 0.3 is 0 Å².